The predicted octanol–water partition coefficient (Wildman–Crippen LogP) is 3.58. The van der Waals surface area contributed by atoms with Gasteiger partial charge in [0.15, 0.2) is 5.69 Å². The Morgan fingerprint density at radius 2 is 1.90 bits per heavy atom. The third-order valence-corrected chi connectivity index (χ3v) is 5.61. The number of hydrogen-bond donors (Lipinski definition) is 1. The van der Waals surface area contributed by atoms with E-state index in [1.165, 1.54) is 16.2 Å². The summed E-state index contributed by atoms with van der Waals surface area (Å²) in [5, 5.41) is 6.95. The molecule has 0 radical (unpaired) electrons. The summed E-state index contributed by atoms with van der Waals surface area (Å²) in [6.07, 6.45) is 1.66. The maximum absolute atomic E-state index is 12.3. The first-order valence-electron chi connectivity index (χ1n) is 9.01. The second-order valence-electron chi connectivity index (χ2n) is 6.23. The molecule has 2 aromatic heterocycles. The van der Waals surface area contributed by atoms with Gasteiger partial charge in [0.1, 0.15) is 0 Å². The molecular formula is C20H19BrN4O4S. The fourth-order valence-electron chi connectivity index (χ4n) is 2.58. The topological polar surface area (TPSA) is 93.5 Å². The van der Waals surface area contributed by atoms with Crippen molar-refractivity contribution in [2.75, 3.05) is 25.5 Å². The Hall–Kier alpha value is -2.98. The van der Waals surface area contributed by atoms with Crippen LogP contribution in [0.4, 0.5) is 5.69 Å². The van der Waals surface area contributed by atoms with E-state index in [-0.39, 0.29) is 30.7 Å². The lowest BCUT2D eigenvalue weighted by Crippen LogP contribution is -2.34. The number of carbonyl (C=O) groups is 3. The van der Waals surface area contributed by atoms with Crippen molar-refractivity contribution in [1.82, 2.24) is 14.7 Å². The van der Waals surface area contributed by atoms with Crippen LogP contribution in [-0.2, 0) is 9.53 Å². The molecule has 3 aromatic rings. The van der Waals surface area contributed by atoms with E-state index in [4.69, 9.17) is 4.74 Å². The molecule has 1 N–H and O–H groups in total. The zero-order valence-electron chi connectivity index (χ0n) is 16.3. The molecule has 0 aliphatic heterocycles. The molecule has 0 aliphatic carbocycles. The van der Waals surface area contributed by atoms with Crippen molar-refractivity contribution in [3.63, 3.8) is 0 Å². The summed E-state index contributed by atoms with van der Waals surface area (Å²) in [5.41, 5.74) is 1.53. The molecule has 0 fully saturated rings. The van der Waals surface area contributed by atoms with Gasteiger partial charge in [0.25, 0.3) is 5.91 Å². The zero-order chi connectivity index (χ0) is 21.7. The molecule has 2 heterocycles. The van der Waals surface area contributed by atoms with Crippen molar-refractivity contribution in [1.29, 1.82) is 0 Å². The van der Waals surface area contributed by atoms with Gasteiger partial charge in [0, 0.05) is 18.9 Å². The number of likely N-dealkylation sites (N-methyl/N-ethyl adjacent to an activating group) is 1. The van der Waals surface area contributed by atoms with Crippen LogP contribution in [0.15, 0.2) is 52.4 Å². The maximum atomic E-state index is 12.3. The molecule has 2 amide bonds. The third kappa shape index (κ3) is 5.33. The fourth-order valence-corrected chi connectivity index (χ4v) is 3.96. The smallest absolute Gasteiger partial charge is 0.358 e. The van der Waals surface area contributed by atoms with Crippen LogP contribution in [0.3, 0.4) is 0 Å². The predicted molar refractivity (Wildman–Crippen MR) is 117 cm³/mol. The van der Waals surface area contributed by atoms with Gasteiger partial charge in [-0.25, -0.2) is 9.48 Å². The highest BCUT2D eigenvalue weighted by Crippen LogP contribution is 2.23. The number of esters is 1. The normalized spacial score (nSPS) is 10.5. The molecular weight excluding hydrogens is 472 g/mol. The monoisotopic (exact) mass is 490 g/mol. The van der Waals surface area contributed by atoms with Gasteiger partial charge in [-0.2, -0.15) is 5.10 Å². The Labute approximate surface area is 185 Å². The van der Waals surface area contributed by atoms with Crippen molar-refractivity contribution in [3.05, 3.63) is 63.0 Å². The van der Waals surface area contributed by atoms with Crippen molar-refractivity contribution < 1.29 is 19.1 Å². The highest BCUT2D eigenvalue weighted by molar-refractivity contribution is 9.11. The number of carbonyl (C=O) groups excluding carboxylic acids is 3. The van der Waals surface area contributed by atoms with Crippen LogP contribution in [0.25, 0.3) is 5.69 Å². The minimum absolute atomic E-state index is 0.0713. The van der Waals surface area contributed by atoms with Crippen LogP contribution >= 0.6 is 27.3 Å². The SMILES string of the molecule is CCOC(=O)c1ccn(-c2ccc(NC(=O)CN(C)C(=O)c3ccc(Br)s3)cc2)n1. The summed E-state index contributed by atoms with van der Waals surface area (Å²) in [5.74, 6) is -1.00. The number of thiophene rings is 1. The van der Waals surface area contributed by atoms with Gasteiger partial charge in [-0.05, 0) is 65.3 Å². The summed E-state index contributed by atoms with van der Waals surface area (Å²) >= 11 is 4.64. The average Bonchev–Trinajstić information content (AvgIpc) is 3.37. The number of ether oxygens (including phenoxy) is 1. The van der Waals surface area contributed by atoms with Crippen molar-refractivity contribution in [2.24, 2.45) is 0 Å². The van der Waals surface area contributed by atoms with E-state index in [0.717, 1.165) is 9.47 Å². The second-order valence-corrected chi connectivity index (χ2v) is 8.69. The summed E-state index contributed by atoms with van der Waals surface area (Å²) in [6.45, 7) is 1.95. The van der Waals surface area contributed by atoms with E-state index in [2.05, 4.69) is 26.3 Å². The van der Waals surface area contributed by atoms with Crippen molar-refractivity contribution >= 4 is 50.7 Å². The Morgan fingerprint density at radius 3 is 2.53 bits per heavy atom. The molecule has 8 nitrogen and oxygen atoms in total. The average molecular weight is 491 g/mol. The van der Waals surface area contributed by atoms with Gasteiger partial charge in [-0.15, -0.1) is 11.3 Å². The molecule has 3 rings (SSSR count). The van der Waals surface area contributed by atoms with Crippen LogP contribution in [0.2, 0.25) is 0 Å². The number of amides is 2. The minimum atomic E-state index is -0.478. The molecule has 0 atom stereocenters. The number of aromatic nitrogens is 2. The van der Waals surface area contributed by atoms with Gasteiger partial charge in [-0.3, -0.25) is 9.59 Å². The van der Waals surface area contributed by atoms with E-state index in [0.29, 0.717) is 10.6 Å². The molecule has 0 unspecified atom stereocenters. The fraction of sp³-hybridized carbons (Fsp3) is 0.200. The lowest BCUT2D eigenvalue weighted by molar-refractivity contribution is -0.116. The van der Waals surface area contributed by atoms with E-state index >= 15 is 0 Å². The highest BCUT2D eigenvalue weighted by Gasteiger charge is 2.17. The second kappa shape index (κ2) is 9.68. The first kappa shape index (κ1) is 21.7. The lowest BCUT2D eigenvalue weighted by Gasteiger charge is -2.16. The first-order valence-corrected chi connectivity index (χ1v) is 10.6. The number of nitrogens with zero attached hydrogens (tertiary/aromatic N) is 3. The molecule has 0 saturated heterocycles. The number of rotatable bonds is 7. The summed E-state index contributed by atoms with van der Waals surface area (Å²) in [6, 6.07) is 12.0. The van der Waals surface area contributed by atoms with Crippen LogP contribution < -0.4 is 5.32 Å². The van der Waals surface area contributed by atoms with Crippen molar-refractivity contribution in [3.8, 4) is 5.69 Å². The van der Waals surface area contributed by atoms with Crippen LogP contribution in [0.1, 0.15) is 27.1 Å². The molecule has 30 heavy (non-hydrogen) atoms. The van der Waals surface area contributed by atoms with E-state index in [1.807, 2.05) is 0 Å². The Kier molecular flexibility index (Phi) is 7.01. The van der Waals surface area contributed by atoms with Gasteiger partial charge in [-0.1, -0.05) is 0 Å². The molecule has 1 aromatic carbocycles. The largest absolute Gasteiger partial charge is 0.461 e. The quantitative estimate of drug-likeness (QED) is 0.510. The Bertz CT molecular complexity index is 1060. The van der Waals surface area contributed by atoms with E-state index < -0.39 is 5.97 Å². The molecule has 0 aliphatic rings. The summed E-state index contributed by atoms with van der Waals surface area (Å²) < 4.78 is 7.33. The zero-order valence-corrected chi connectivity index (χ0v) is 18.7. The number of halogens is 1. The Morgan fingerprint density at radius 1 is 1.17 bits per heavy atom. The molecule has 0 saturated carbocycles. The molecule has 156 valence electrons. The van der Waals surface area contributed by atoms with E-state index in [1.54, 1.807) is 67.3 Å². The number of anilines is 1. The molecule has 10 heteroatoms. The number of hydrogen-bond acceptors (Lipinski definition) is 6. The minimum Gasteiger partial charge on any atom is -0.461 e. The number of nitrogens with one attached hydrogen (secondary N) is 1. The van der Waals surface area contributed by atoms with Crippen LogP contribution in [0, 0.1) is 0 Å². The van der Waals surface area contributed by atoms with Gasteiger partial charge in [0.2, 0.25) is 5.91 Å². The van der Waals surface area contributed by atoms with Crippen LogP contribution in [0.5, 0.6) is 0 Å². The van der Waals surface area contributed by atoms with Crippen molar-refractivity contribution in [2.45, 2.75) is 6.92 Å². The Balaban J connectivity index is 1.58. The first-order chi connectivity index (χ1) is 14.4. The standard InChI is InChI=1S/C20H19BrN4O4S/c1-3-29-20(28)15-10-11-25(23-15)14-6-4-13(5-7-14)22-18(26)12-24(2)19(27)16-8-9-17(21)30-16/h4-11H,3,12H2,1-2H3,(H,22,26). The van der Waals surface area contributed by atoms with E-state index in [9.17, 15) is 14.4 Å². The van der Waals surface area contributed by atoms with Gasteiger partial charge >= 0.3 is 5.97 Å². The maximum Gasteiger partial charge on any atom is 0.358 e. The molecule has 0 spiro atoms. The number of benzene rings is 1. The summed E-state index contributed by atoms with van der Waals surface area (Å²) in [7, 11) is 1.58. The highest BCUT2D eigenvalue weighted by atomic mass is 79.9. The molecule has 0 bridgehead atoms. The van der Waals surface area contributed by atoms with Crippen LogP contribution in [-0.4, -0.2) is 52.7 Å². The third-order valence-electron chi connectivity index (χ3n) is 4.00. The summed E-state index contributed by atoms with van der Waals surface area (Å²) in [4.78, 5) is 38.2. The van der Waals surface area contributed by atoms with Gasteiger partial charge < -0.3 is 15.0 Å². The lowest BCUT2D eigenvalue weighted by atomic mass is 10.2. The van der Waals surface area contributed by atoms with Gasteiger partial charge in [0.05, 0.1) is 27.5 Å².